The number of carbonyl (C=O) groups is 1. The predicted octanol–water partition coefficient (Wildman–Crippen LogP) is 4.64. The summed E-state index contributed by atoms with van der Waals surface area (Å²) in [5.74, 6) is 0.371. The van der Waals surface area contributed by atoms with Gasteiger partial charge in [-0.1, -0.05) is 36.4 Å². The van der Waals surface area contributed by atoms with Crippen molar-refractivity contribution < 1.29 is 13.2 Å². The zero-order valence-electron chi connectivity index (χ0n) is 19.1. The smallest absolute Gasteiger partial charge is 0.243 e. The monoisotopic (exact) mass is 474 g/mol. The molecule has 34 heavy (non-hydrogen) atoms. The molecule has 4 aromatic rings. The summed E-state index contributed by atoms with van der Waals surface area (Å²) in [6, 6.07) is 19.5. The number of H-pyrrole nitrogens is 1. The molecule has 1 amide bonds. The van der Waals surface area contributed by atoms with Gasteiger partial charge in [0.1, 0.15) is 11.9 Å². The standard InChI is InChI=1S/C26H26N4O3S/c1-17-10-11-20(15-18(17)2)27-26(31)24-9-6-14-30(24)34(32,33)21-12-13-22-23(16-21)29-25(28-22)19-7-4-3-5-8-19/h3-5,7-8,10-13,15-16,24H,6,9,14H2,1-2H3,(H,27,31)(H,28,29)/t24-/m0/s1. The number of nitrogens with zero attached hydrogens (tertiary/aromatic N) is 2. The molecule has 2 heterocycles. The van der Waals surface area contributed by atoms with Crippen molar-refractivity contribution >= 4 is 32.7 Å². The predicted molar refractivity (Wildman–Crippen MR) is 133 cm³/mol. The topological polar surface area (TPSA) is 95.2 Å². The third-order valence-electron chi connectivity index (χ3n) is 6.39. The van der Waals surface area contributed by atoms with Crippen molar-refractivity contribution in [3.05, 3.63) is 77.9 Å². The summed E-state index contributed by atoms with van der Waals surface area (Å²) in [5, 5.41) is 2.90. The van der Waals surface area contributed by atoms with Crippen LogP contribution in [0.3, 0.4) is 0 Å². The highest BCUT2D eigenvalue weighted by atomic mass is 32.2. The van der Waals surface area contributed by atoms with E-state index in [-0.39, 0.29) is 10.8 Å². The number of carbonyl (C=O) groups excluding carboxylic acids is 1. The minimum atomic E-state index is -3.86. The van der Waals surface area contributed by atoms with Crippen molar-refractivity contribution in [3.8, 4) is 11.4 Å². The molecule has 7 nitrogen and oxygen atoms in total. The highest BCUT2D eigenvalue weighted by Crippen LogP contribution is 2.29. The van der Waals surface area contributed by atoms with Gasteiger partial charge in [-0.3, -0.25) is 4.79 Å². The molecule has 8 heteroatoms. The molecular formula is C26H26N4O3S. The number of rotatable bonds is 5. The van der Waals surface area contributed by atoms with Crippen LogP contribution in [0, 0.1) is 13.8 Å². The molecule has 1 atom stereocenters. The summed E-state index contributed by atoms with van der Waals surface area (Å²) in [7, 11) is -3.86. The van der Waals surface area contributed by atoms with Crippen molar-refractivity contribution in [2.24, 2.45) is 0 Å². The van der Waals surface area contributed by atoms with Crippen molar-refractivity contribution in [2.75, 3.05) is 11.9 Å². The normalized spacial score (nSPS) is 16.7. The van der Waals surface area contributed by atoms with Gasteiger partial charge in [-0.2, -0.15) is 4.31 Å². The third kappa shape index (κ3) is 4.10. The average molecular weight is 475 g/mol. The number of benzene rings is 3. The highest BCUT2D eigenvalue weighted by molar-refractivity contribution is 7.89. The molecule has 0 radical (unpaired) electrons. The first-order valence-electron chi connectivity index (χ1n) is 11.3. The van der Waals surface area contributed by atoms with E-state index < -0.39 is 16.1 Å². The number of amides is 1. The lowest BCUT2D eigenvalue weighted by molar-refractivity contribution is -0.119. The van der Waals surface area contributed by atoms with E-state index in [0.29, 0.717) is 41.9 Å². The van der Waals surface area contributed by atoms with E-state index in [1.165, 1.54) is 4.31 Å². The SMILES string of the molecule is Cc1ccc(NC(=O)[C@@H]2CCCN2S(=O)(=O)c2ccc3nc(-c4ccccc4)[nH]c3c2)cc1C. The number of aromatic amines is 1. The summed E-state index contributed by atoms with van der Waals surface area (Å²) in [6.45, 7) is 4.29. The zero-order chi connectivity index (χ0) is 23.9. The molecule has 2 N–H and O–H groups in total. The van der Waals surface area contributed by atoms with Gasteiger partial charge in [-0.25, -0.2) is 13.4 Å². The minimum absolute atomic E-state index is 0.147. The van der Waals surface area contributed by atoms with Gasteiger partial charge in [0, 0.05) is 17.8 Å². The Labute approximate surface area is 198 Å². The third-order valence-corrected chi connectivity index (χ3v) is 8.29. The van der Waals surface area contributed by atoms with Gasteiger partial charge >= 0.3 is 0 Å². The van der Waals surface area contributed by atoms with Crippen LogP contribution in [0.25, 0.3) is 22.4 Å². The lowest BCUT2D eigenvalue weighted by atomic mass is 10.1. The van der Waals surface area contributed by atoms with Gasteiger partial charge in [0.25, 0.3) is 0 Å². The second-order valence-electron chi connectivity index (χ2n) is 8.69. The first-order valence-corrected chi connectivity index (χ1v) is 12.7. The Morgan fingerprint density at radius 2 is 1.82 bits per heavy atom. The maximum Gasteiger partial charge on any atom is 0.243 e. The first kappa shape index (κ1) is 22.3. The number of sulfonamides is 1. The summed E-state index contributed by atoms with van der Waals surface area (Å²) in [6.07, 6.45) is 1.12. The fourth-order valence-corrected chi connectivity index (χ4v) is 6.04. The number of hydrogen-bond acceptors (Lipinski definition) is 4. The van der Waals surface area contributed by atoms with Crippen molar-refractivity contribution in [2.45, 2.75) is 37.6 Å². The number of aryl methyl sites for hydroxylation is 2. The molecule has 1 aliphatic rings. The molecule has 5 rings (SSSR count). The van der Waals surface area contributed by atoms with Crippen LogP contribution in [0.1, 0.15) is 24.0 Å². The van der Waals surface area contributed by atoms with Gasteiger partial charge in [-0.15, -0.1) is 0 Å². The molecule has 1 saturated heterocycles. The van der Waals surface area contributed by atoms with Crippen molar-refractivity contribution in [1.29, 1.82) is 0 Å². The summed E-state index contributed by atoms with van der Waals surface area (Å²) in [5.41, 5.74) is 5.11. The fourth-order valence-electron chi connectivity index (χ4n) is 4.35. The van der Waals surface area contributed by atoms with Gasteiger partial charge in [0.05, 0.1) is 15.9 Å². The van der Waals surface area contributed by atoms with Crippen molar-refractivity contribution in [3.63, 3.8) is 0 Å². The number of fused-ring (bicyclic) bond motifs is 1. The van der Waals surface area contributed by atoms with Crippen LogP contribution >= 0.6 is 0 Å². The number of aromatic nitrogens is 2. The largest absolute Gasteiger partial charge is 0.338 e. The van der Waals surface area contributed by atoms with Crippen LogP contribution in [-0.4, -0.2) is 41.2 Å². The molecule has 1 aliphatic heterocycles. The van der Waals surface area contributed by atoms with Crippen LogP contribution < -0.4 is 5.32 Å². The quantitative estimate of drug-likeness (QED) is 0.441. The second-order valence-corrected chi connectivity index (χ2v) is 10.6. The molecular weight excluding hydrogens is 448 g/mol. The molecule has 1 fully saturated rings. The Balaban J connectivity index is 1.41. The van der Waals surface area contributed by atoms with E-state index in [1.54, 1.807) is 18.2 Å². The van der Waals surface area contributed by atoms with E-state index in [0.717, 1.165) is 16.7 Å². The minimum Gasteiger partial charge on any atom is -0.338 e. The Bertz CT molecular complexity index is 1480. The zero-order valence-corrected chi connectivity index (χ0v) is 19.9. The Kier molecular flexibility index (Phi) is 5.71. The van der Waals surface area contributed by atoms with Crippen LogP contribution in [0.5, 0.6) is 0 Å². The maximum atomic E-state index is 13.5. The van der Waals surface area contributed by atoms with Gasteiger partial charge in [0.2, 0.25) is 15.9 Å². The van der Waals surface area contributed by atoms with Crippen LogP contribution in [0.15, 0.2) is 71.6 Å². The molecule has 0 aliphatic carbocycles. The Morgan fingerprint density at radius 3 is 2.59 bits per heavy atom. The second kappa shape index (κ2) is 8.70. The van der Waals surface area contributed by atoms with Crippen LogP contribution in [0.2, 0.25) is 0 Å². The first-order chi connectivity index (χ1) is 16.3. The number of imidazole rings is 1. The molecule has 0 bridgehead atoms. The van der Waals surface area contributed by atoms with E-state index in [4.69, 9.17) is 0 Å². The summed E-state index contributed by atoms with van der Waals surface area (Å²) in [4.78, 5) is 21.0. The molecule has 174 valence electrons. The number of nitrogens with one attached hydrogen (secondary N) is 2. The van der Waals surface area contributed by atoms with E-state index in [1.807, 2.05) is 62.4 Å². The molecule has 0 spiro atoms. The van der Waals surface area contributed by atoms with Gasteiger partial charge in [-0.05, 0) is 68.1 Å². The lowest BCUT2D eigenvalue weighted by Gasteiger charge is -2.23. The van der Waals surface area contributed by atoms with Crippen LogP contribution in [-0.2, 0) is 14.8 Å². The van der Waals surface area contributed by atoms with Crippen molar-refractivity contribution in [1.82, 2.24) is 14.3 Å². The summed E-state index contributed by atoms with van der Waals surface area (Å²) >= 11 is 0. The summed E-state index contributed by atoms with van der Waals surface area (Å²) < 4.78 is 28.4. The highest BCUT2D eigenvalue weighted by Gasteiger charge is 2.39. The Morgan fingerprint density at radius 1 is 1.03 bits per heavy atom. The Hall–Kier alpha value is -3.49. The van der Waals surface area contributed by atoms with Gasteiger partial charge < -0.3 is 10.3 Å². The maximum absolute atomic E-state index is 13.5. The molecule has 3 aromatic carbocycles. The fraction of sp³-hybridized carbons (Fsp3) is 0.231. The van der Waals surface area contributed by atoms with Gasteiger partial charge in [0.15, 0.2) is 0 Å². The average Bonchev–Trinajstić information content (AvgIpc) is 3.49. The van der Waals surface area contributed by atoms with E-state index in [2.05, 4.69) is 15.3 Å². The number of hydrogen-bond donors (Lipinski definition) is 2. The molecule has 1 aromatic heterocycles. The molecule has 0 saturated carbocycles. The lowest BCUT2D eigenvalue weighted by Crippen LogP contribution is -2.43. The van der Waals surface area contributed by atoms with E-state index >= 15 is 0 Å². The molecule has 0 unspecified atom stereocenters. The number of anilines is 1. The van der Waals surface area contributed by atoms with E-state index in [9.17, 15) is 13.2 Å². The van der Waals surface area contributed by atoms with Crippen LogP contribution in [0.4, 0.5) is 5.69 Å².